The van der Waals surface area contributed by atoms with E-state index in [9.17, 15) is 4.79 Å². The number of nitrogens with two attached hydrogens (primary N) is 1. The maximum Gasteiger partial charge on any atom is 0.250 e. The van der Waals surface area contributed by atoms with Gasteiger partial charge < -0.3 is 16.2 Å². The van der Waals surface area contributed by atoms with Gasteiger partial charge >= 0.3 is 0 Å². The Labute approximate surface area is 102 Å². The molecule has 0 aromatic heterocycles. The lowest BCUT2D eigenvalue weighted by molar-refractivity contribution is -0.128. The van der Waals surface area contributed by atoms with E-state index in [-0.39, 0.29) is 6.54 Å². The van der Waals surface area contributed by atoms with Gasteiger partial charge in [0.05, 0.1) is 0 Å². The van der Waals surface area contributed by atoms with E-state index in [1.54, 1.807) is 0 Å². The summed E-state index contributed by atoms with van der Waals surface area (Å²) in [7, 11) is 0. The van der Waals surface area contributed by atoms with Gasteiger partial charge in [-0.15, -0.1) is 0 Å². The summed E-state index contributed by atoms with van der Waals surface area (Å²) in [5.41, 5.74) is 7.65. The van der Waals surface area contributed by atoms with Crippen LogP contribution in [0, 0.1) is 0 Å². The second kappa shape index (κ2) is 7.04. The molecule has 4 heteroatoms. The van der Waals surface area contributed by atoms with Gasteiger partial charge in [0.15, 0.2) is 0 Å². The summed E-state index contributed by atoms with van der Waals surface area (Å²) in [4.78, 5) is 11.2. The number of benzene rings is 1. The van der Waals surface area contributed by atoms with E-state index in [1.807, 2.05) is 0 Å². The summed E-state index contributed by atoms with van der Waals surface area (Å²) in [5, 5.41) is 11.8. The number of aliphatic hydroxyl groups is 1. The van der Waals surface area contributed by atoms with E-state index >= 15 is 0 Å². The first-order chi connectivity index (χ1) is 8.17. The van der Waals surface area contributed by atoms with E-state index in [4.69, 9.17) is 10.8 Å². The maximum absolute atomic E-state index is 11.2. The van der Waals surface area contributed by atoms with E-state index in [2.05, 4.69) is 36.5 Å². The number of nitrogens with one attached hydrogen (secondary N) is 1. The third-order valence-electron chi connectivity index (χ3n) is 2.67. The highest BCUT2D eigenvalue weighted by Crippen LogP contribution is 2.05. The first-order valence-corrected chi connectivity index (χ1v) is 5.91. The van der Waals surface area contributed by atoms with Crippen LogP contribution in [0.1, 0.15) is 18.1 Å². The molecule has 1 aromatic carbocycles. The molecule has 0 aliphatic heterocycles. The molecule has 0 bridgehead atoms. The van der Waals surface area contributed by atoms with Crippen molar-refractivity contribution in [1.29, 1.82) is 0 Å². The summed E-state index contributed by atoms with van der Waals surface area (Å²) in [6.07, 6.45) is 0.685. The molecule has 0 heterocycles. The van der Waals surface area contributed by atoms with Crippen LogP contribution in [0.5, 0.6) is 0 Å². The number of aryl methyl sites for hydroxylation is 1. The van der Waals surface area contributed by atoms with Crippen molar-refractivity contribution in [3.63, 3.8) is 0 Å². The van der Waals surface area contributed by atoms with E-state index < -0.39 is 12.0 Å². The summed E-state index contributed by atoms with van der Waals surface area (Å²) in [6, 6.07) is 8.30. The minimum absolute atomic E-state index is 0.0446. The molecule has 1 amide bonds. The Hall–Kier alpha value is -1.39. The van der Waals surface area contributed by atoms with E-state index in [0.717, 1.165) is 12.8 Å². The highest BCUT2D eigenvalue weighted by Gasteiger charge is 2.11. The van der Waals surface area contributed by atoms with Gasteiger partial charge in [-0.25, -0.2) is 0 Å². The lowest BCUT2D eigenvalue weighted by atomic mass is 10.1. The van der Waals surface area contributed by atoms with Crippen LogP contribution in [-0.4, -0.2) is 30.2 Å². The van der Waals surface area contributed by atoms with Crippen LogP contribution >= 0.6 is 0 Å². The molecule has 1 rings (SSSR count). The second-order valence-electron chi connectivity index (χ2n) is 3.96. The molecule has 0 saturated heterocycles. The van der Waals surface area contributed by atoms with E-state index in [0.29, 0.717) is 6.54 Å². The molecule has 17 heavy (non-hydrogen) atoms. The van der Waals surface area contributed by atoms with Crippen LogP contribution in [0.3, 0.4) is 0 Å². The summed E-state index contributed by atoms with van der Waals surface area (Å²) >= 11 is 0. The summed E-state index contributed by atoms with van der Waals surface area (Å²) in [5.74, 6) is -0.405. The van der Waals surface area contributed by atoms with Crippen molar-refractivity contribution in [3.05, 3.63) is 35.4 Å². The monoisotopic (exact) mass is 236 g/mol. The average Bonchev–Trinajstić information content (AvgIpc) is 2.38. The van der Waals surface area contributed by atoms with Crippen molar-refractivity contribution in [1.82, 2.24) is 5.32 Å². The van der Waals surface area contributed by atoms with Crippen LogP contribution in [-0.2, 0) is 17.6 Å². The van der Waals surface area contributed by atoms with Gasteiger partial charge in [0.2, 0.25) is 5.91 Å². The number of rotatable bonds is 6. The largest absolute Gasteiger partial charge is 0.382 e. The number of amides is 1. The van der Waals surface area contributed by atoms with Gasteiger partial charge in [-0.3, -0.25) is 4.79 Å². The Bertz CT molecular complexity index is 349. The fourth-order valence-electron chi connectivity index (χ4n) is 1.50. The topological polar surface area (TPSA) is 75.3 Å². The molecule has 1 aromatic rings. The summed E-state index contributed by atoms with van der Waals surface area (Å²) in [6.45, 7) is 2.59. The number of hydrogen-bond donors (Lipinski definition) is 3. The van der Waals surface area contributed by atoms with Gasteiger partial charge in [0.1, 0.15) is 6.10 Å². The first kappa shape index (κ1) is 13.7. The van der Waals surface area contributed by atoms with Crippen molar-refractivity contribution in [2.75, 3.05) is 13.1 Å². The van der Waals surface area contributed by atoms with E-state index in [1.165, 1.54) is 11.1 Å². The van der Waals surface area contributed by atoms with Gasteiger partial charge in [0, 0.05) is 13.1 Å². The van der Waals surface area contributed by atoms with Crippen molar-refractivity contribution in [2.24, 2.45) is 5.73 Å². The SMILES string of the molecule is CCc1ccc(CCNC(=O)C(O)CN)cc1. The minimum atomic E-state index is -1.10. The molecule has 0 radical (unpaired) electrons. The maximum atomic E-state index is 11.2. The molecule has 0 fully saturated rings. The Morgan fingerprint density at radius 3 is 2.47 bits per heavy atom. The Morgan fingerprint density at radius 2 is 1.94 bits per heavy atom. The number of hydrogen-bond acceptors (Lipinski definition) is 3. The zero-order chi connectivity index (χ0) is 12.7. The Morgan fingerprint density at radius 1 is 1.35 bits per heavy atom. The smallest absolute Gasteiger partial charge is 0.250 e. The van der Waals surface area contributed by atoms with Crippen LogP contribution in [0.25, 0.3) is 0 Å². The lowest BCUT2D eigenvalue weighted by Gasteiger charge is -2.09. The highest BCUT2D eigenvalue weighted by atomic mass is 16.3. The van der Waals surface area contributed by atoms with Gasteiger partial charge in [-0.1, -0.05) is 31.2 Å². The van der Waals surface area contributed by atoms with Gasteiger partial charge in [-0.2, -0.15) is 0 Å². The molecule has 0 saturated carbocycles. The normalized spacial score (nSPS) is 12.2. The Kier molecular flexibility index (Phi) is 5.66. The van der Waals surface area contributed by atoms with Crippen molar-refractivity contribution >= 4 is 5.91 Å². The van der Waals surface area contributed by atoms with Crippen LogP contribution < -0.4 is 11.1 Å². The lowest BCUT2D eigenvalue weighted by Crippen LogP contribution is -2.39. The fourth-order valence-corrected chi connectivity index (χ4v) is 1.50. The number of carbonyl (C=O) groups excluding carboxylic acids is 1. The van der Waals surface area contributed by atoms with Crippen LogP contribution in [0.2, 0.25) is 0 Å². The van der Waals surface area contributed by atoms with Gasteiger partial charge in [0.25, 0.3) is 0 Å². The molecule has 1 atom stereocenters. The molecule has 0 aliphatic carbocycles. The summed E-state index contributed by atoms with van der Waals surface area (Å²) < 4.78 is 0. The Balaban J connectivity index is 2.33. The molecule has 4 nitrogen and oxygen atoms in total. The zero-order valence-electron chi connectivity index (χ0n) is 10.1. The molecule has 1 unspecified atom stereocenters. The predicted molar refractivity (Wildman–Crippen MR) is 67.6 cm³/mol. The third-order valence-corrected chi connectivity index (χ3v) is 2.67. The van der Waals surface area contributed by atoms with Crippen LogP contribution in [0.15, 0.2) is 24.3 Å². The third kappa shape index (κ3) is 4.54. The zero-order valence-corrected chi connectivity index (χ0v) is 10.1. The standard InChI is InChI=1S/C13H20N2O2/c1-2-10-3-5-11(6-4-10)7-8-15-13(17)12(16)9-14/h3-6,12,16H,2,7-9,14H2,1H3,(H,15,17). The average molecular weight is 236 g/mol. The number of carbonyl (C=O) groups is 1. The highest BCUT2D eigenvalue weighted by molar-refractivity contribution is 5.80. The molecular weight excluding hydrogens is 216 g/mol. The predicted octanol–water partition coefficient (Wildman–Crippen LogP) is 0.227. The minimum Gasteiger partial charge on any atom is -0.382 e. The van der Waals surface area contributed by atoms with Crippen molar-refractivity contribution in [3.8, 4) is 0 Å². The first-order valence-electron chi connectivity index (χ1n) is 5.91. The molecular formula is C13H20N2O2. The molecule has 0 spiro atoms. The molecule has 4 N–H and O–H groups in total. The number of aliphatic hydroxyl groups excluding tert-OH is 1. The molecule has 94 valence electrons. The van der Waals surface area contributed by atoms with Crippen LogP contribution in [0.4, 0.5) is 0 Å². The van der Waals surface area contributed by atoms with Crippen molar-refractivity contribution < 1.29 is 9.90 Å². The van der Waals surface area contributed by atoms with Gasteiger partial charge in [-0.05, 0) is 24.0 Å². The van der Waals surface area contributed by atoms with Crippen molar-refractivity contribution in [2.45, 2.75) is 25.9 Å². The quantitative estimate of drug-likeness (QED) is 0.661. The second-order valence-corrected chi connectivity index (χ2v) is 3.96. The fraction of sp³-hybridized carbons (Fsp3) is 0.462. The molecule has 0 aliphatic rings.